The van der Waals surface area contributed by atoms with Gasteiger partial charge in [-0.2, -0.15) is 0 Å². The summed E-state index contributed by atoms with van der Waals surface area (Å²) >= 11 is 3.27. The molecule has 0 unspecified atom stereocenters. The fourth-order valence-electron chi connectivity index (χ4n) is 2.64. The molecule has 1 saturated carbocycles. The van der Waals surface area contributed by atoms with E-state index in [1.54, 1.807) is 6.07 Å². The maximum absolute atomic E-state index is 13.0. The first-order chi connectivity index (χ1) is 8.57. The van der Waals surface area contributed by atoms with E-state index in [4.69, 9.17) is 0 Å². The van der Waals surface area contributed by atoms with Crippen molar-refractivity contribution in [3.8, 4) is 0 Å². The van der Waals surface area contributed by atoms with E-state index in [1.165, 1.54) is 12.1 Å². The van der Waals surface area contributed by atoms with Gasteiger partial charge in [0.25, 0.3) is 0 Å². The number of rotatable bonds is 3. The molecule has 0 radical (unpaired) electrons. The van der Waals surface area contributed by atoms with Crippen LogP contribution in [0.25, 0.3) is 0 Å². The fraction of sp³-hybridized carbons (Fsp3) is 0.500. The van der Waals surface area contributed by atoms with Gasteiger partial charge in [0.15, 0.2) is 0 Å². The van der Waals surface area contributed by atoms with Crippen molar-refractivity contribution in [3.63, 3.8) is 0 Å². The predicted molar refractivity (Wildman–Crippen MR) is 73.9 cm³/mol. The lowest BCUT2D eigenvalue weighted by Gasteiger charge is -2.26. The Bertz CT molecular complexity index is 455. The van der Waals surface area contributed by atoms with Crippen molar-refractivity contribution >= 4 is 27.5 Å². The topological polar surface area (TPSA) is 29.1 Å². The van der Waals surface area contributed by atoms with Gasteiger partial charge in [-0.25, -0.2) is 4.39 Å². The summed E-state index contributed by atoms with van der Waals surface area (Å²) in [6.45, 7) is 2.06. The van der Waals surface area contributed by atoms with Crippen molar-refractivity contribution in [1.29, 1.82) is 0 Å². The molecule has 0 bridgehead atoms. The molecule has 1 aliphatic rings. The summed E-state index contributed by atoms with van der Waals surface area (Å²) in [5.74, 6) is -0.249. The molecule has 0 aromatic heterocycles. The second kappa shape index (κ2) is 5.39. The van der Waals surface area contributed by atoms with Gasteiger partial charge in [0.05, 0.1) is 5.69 Å². The molecule has 1 aromatic carbocycles. The first-order valence-electron chi connectivity index (χ1n) is 6.34. The summed E-state index contributed by atoms with van der Waals surface area (Å²) in [6, 6.07) is 4.31. The number of anilines is 1. The lowest BCUT2D eigenvalue weighted by atomic mass is 9.82. The minimum atomic E-state index is -0.314. The molecule has 0 aliphatic heterocycles. The number of amides is 1. The quantitative estimate of drug-likeness (QED) is 0.874. The second-order valence-corrected chi connectivity index (χ2v) is 5.77. The summed E-state index contributed by atoms with van der Waals surface area (Å²) in [6.07, 6.45) is 5.00. The van der Waals surface area contributed by atoms with E-state index in [-0.39, 0.29) is 17.1 Å². The van der Waals surface area contributed by atoms with Crippen molar-refractivity contribution in [2.24, 2.45) is 5.41 Å². The third-order valence-corrected chi connectivity index (χ3v) is 4.55. The van der Waals surface area contributed by atoms with E-state index in [0.717, 1.165) is 32.1 Å². The number of carbonyl (C=O) groups excluding carboxylic acids is 1. The van der Waals surface area contributed by atoms with Crippen LogP contribution in [0.3, 0.4) is 0 Å². The van der Waals surface area contributed by atoms with Gasteiger partial charge in [0.1, 0.15) is 5.82 Å². The zero-order chi connectivity index (χ0) is 13.2. The average molecular weight is 314 g/mol. The Morgan fingerprint density at radius 1 is 1.44 bits per heavy atom. The van der Waals surface area contributed by atoms with Gasteiger partial charge in [0, 0.05) is 9.89 Å². The number of halogens is 2. The van der Waals surface area contributed by atoms with E-state index < -0.39 is 0 Å². The second-order valence-electron chi connectivity index (χ2n) is 4.92. The summed E-state index contributed by atoms with van der Waals surface area (Å²) in [7, 11) is 0. The monoisotopic (exact) mass is 313 g/mol. The van der Waals surface area contributed by atoms with Gasteiger partial charge in [-0.05, 0) is 53.4 Å². The number of carbonyl (C=O) groups is 1. The van der Waals surface area contributed by atoms with Crippen LogP contribution in [0.15, 0.2) is 22.7 Å². The van der Waals surface area contributed by atoms with Crippen LogP contribution in [0.5, 0.6) is 0 Å². The van der Waals surface area contributed by atoms with Gasteiger partial charge in [-0.1, -0.05) is 19.8 Å². The van der Waals surface area contributed by atoms with E-state index in [9.17, 15) is 9.18 Å². The molecule has 0 heterocycles. The Balaban J connectivity index is 2.15. The summed E-state index contributed by atoms with van der Waals surface area (Å²) < 4.78 is 13.6. The third-order valence-electron chi connectivity index (χ3n) is 3.90. The number of nitrogens with one attached hydrogen (secondary N) is 1. The van der Waals surface area contributed by atoms with Crippen molar-refractivity contribution in [1.82, 2.24) is 0 Å². The number of hydrogen-bond donors (Lipinski definition) is 1. The molecule has 2 nitrogen and oxygen atoms in total. The van der Waals surface area contributed by atoms with E-state index in [0.29, 0.717) is 10.2 Å². The van der Waals surface area contributed by atoms with Crippen molar-refractivity contribution in [2.45, 2.75) is 39.0 Å². The lowest BCUT2D eigenvalue weighted by molar-refractivity contribution is -0.125. The highest BCUT2D eigenvalue weighted by atomic mass is 79.9. The van der Waals surface area contributed by atoms with E-state index in [1.807, 2.05) is 0 Å². The van der Waals surface area contributed by atoms with Gasteiger partial charge in [-0.15, -0.1) is 0 Å². The normalized spacial score (nSPS) is 17.7. The van der Waals surface area contributed by atoms with Crippen LogP contribution in [-0.4, -0.2) is 5.91 Å². The zero-order valence-electron chi connectivity index (χ0n) is 10.4. The molecule has 4 heteroatoms. The smallest absolute Gasteiger partial charge is 0.230 e. The van der Waals surface area contributed by atoms with Crippen LogP contribution in [0, 0.1) is 11.2 Å². The minimum absolute atomic E-state index is 0.0646. The summed E-state index contributed by atoms with van der Waals surface area (Å²) in [5, 5.41) is 2.92. The minimum Gasteiger partial charge on any atom is -0.325 e. The molecule has 18 heavy (non-hydrogen) atoms. The van der Waals surface area contributed by atoms with Gasteiger partial charge in [-0.3, -0.25) is 4.79 Å². The molecule has 2 rings (SSSR count). The molecular weight excluding hydrogens is 297 g/mol. The lowest BCUT2D eigenvalue weighted by Crippen LogP contribution is -2.33. The number of hydrogen-bond acceptors (Lipinski definition) is 1. The van der Waals surface area contributed by atoms with Crippen LogP contribution in [0.4, 0.5) is 10.1 Å². The van der Waals surface area contributed by atoms with Crippen LogP contribution in [0.2, 0.25) is 0 Å². The Morgan fingerprint density at radius 2 is 2.11 bits per heavy atom. The first-order valence-corrected chi connectivity index (χ1v) is 7.13. The van der Waals surface area contributed by atoms with Gasteiger partial charge < -0.3 is 5.32 Å². The van der Waals surface area contributed by atoms with Crippen molar-refractivity contribution < 1.29 is 9.18 Å². The van der Waals surface area contributed by atoms with E-state index >= 15 is 0 Å². The zero-order valence-corrected chi connectivity index (χ0v) is 12.0. The SMILES string of the molecule is CCC1(C(=O)Nc2ccc(F)cc2Br)CCCC1. The molecule has 1 aliphatic carbocycles. The molecule has 0 atom stereocenters. The average Bonchev–Trinajstić information content (AvgIpc) is 2.82. The maximum atomic E-state index is 13.0. The molecular formula is C14H17BrFNO. The Hall–Kier alpha value is -0.900. The molecule has 1 fully saturated rings. The third kappa shape index (κ3) is 2.58. The first kappa shape index (κ1) is 13.5. The van der Waals surface area contributed by atoms with Crippen LogP contribution in [0.1, 0.15) is 39.0 Å². The van der Waals surface area contributed by atoms with Crippen LogP contribution in [-0.2, 0) is 4.79 Å². The van der Waals surface area contributed by atoms with Gasteiger partial charge >= 0.3 is 0 Å². The predicted octanol–water partition coefficient (Wildman–Crippen LogP) is 4.50. The fourth-order valence-corrected chi connectivity index (χ4v) is 3.09. The Morgan fingerprint density at radius 3 is 2.67 bits per heavy atom. The van der Waals surface area contributed by atoms with Crippen LogP contribution >= 0.6 is 15.9 Å². The standard InChI is InChI=1S/C14H17BrFNO/c1-2-14(7-3-4-8-14)13(18)17-12-6-5-10(16)9-11(12)15/h5-6,9H,2-4,7-8H2,1H3,(H,17,18). The molecule has 1 N–H and O–H groups in total. The largest absolute Gasteiger partial charge is 0.325 e. The van der Waals surface area contributed by atoms with Crippen LogP contribution < -0.4 is 5.32 Å². The molecule has 0 saturated heterocycles. The summed E-state index contributed by atoms with van der Waals surface area (Å²) in [5.41, 5.74) is 0.412. The Kier molecular flexibility index (Phi) is 4.05. The van der Waals surface area contributed by atoms with Gasteiger partial charge in [0.2, 0.25) is 5.91 Å². The molecule has 0 spiro atoms. The highest BCUT2D eigenvalue weighted by molar-refractivity contribution is 9.10. The summed E-state index contributed by atoms with van der Waals surface area (Å²) in [4.78, 5) is 12.4. The highest BCUT2D eigenvalue weighted by Crippen LogP contribution is 2.42. The number of benzene rings is 1. The highest BCUT2D eigenvalue weighted by Gasteiger charge is 2.39. The molecule has 1 aromatic rings. The van der Waals surface area contributed by atoms with Crippen molar-refractivity contribution in [2.75, 3.05) is 5.32 Å². The Labute approximate surface area is 115 Å². The van der Waals surface area contributed by atoms with E-state index in [2.05, 4.69) is 28.2 Å². The maximum Gasteiger partial charge on any atom is 0.230 e. The van der Waals surface area contributed by atoms with Crippen molar-refractivity contribution in [3.05, 3.63) is 28.5 Å². The molecule has 98 valence electrons. The molecule has 1 amide bonds.